The van der Waals surface area contributed by atoms with Crippen molar-refractivity contribution in [1.29, 1.82) is 0 Å². The van der Waals surface area contributed by atoms with Crippen molar-refractivity contribution in [3.63, 3.8) is 0 Å². The molecule has 3 nitrogen and oxygen atoms in total. The molecule has 0 unspecified atom stereocenters. The van der Waals surface area contributed by atoms with E-state index in [1.165, 1.54) is 0 Å². The van der Waals surface area contributed by atoms with Crippen molar-refractivity contribution < 1.29 is 4.79 Å². The molecule has 17 heavy (non-hydrogen) atoms. The third-order valence-corrected chi connectivity index (χ3v) is 2.47. The van der Waals surface area contributed by atoms with E-state index < -0.39 is 0 Å². The predicted octanol–water partition coefficient (Wildman–Crippen LogP) is 2.53. The van der Waals surface area contributed by atoms with Crippen LogP contribution in [0.4, 0.5) is 11.4 Å². The quantitative estimate of drug-likeness (QED) is 0.627. The SMILES string of the molecule is O=CNCN(c1ccccc1)c1ccccc1. The number of carbonyl (C=O) groups is 1. The van der Waals surface area contributed by atoms with Gasteiger partial charge < -0.3 is 10.2 Å². The van der Waals surface area contributed by atoms with E-state index in [-0.39, 0.29) is 0 Å². The Kier molecular flexibility index (Phi) is 3.76. The molecule has 0 saturated heterocycles. The fourth-order valence-electron chi connectivity index (χ4n) is 1.68. The highest BCUT2D eigenvalue weighted by Crippen LogP contribution is 2.23. The molecule has 2 rings (SSSR count). The second-order valence-corrected chi connectivity index (χ2v) is 3.58. The number of carbonyl (C=O) groups excluding carboxylic acids is 1. The molecule has 0 heterocycles. The lowest BCUT2D eigenvalue weighted by Crippen LogP contribution is -2.29. The molecule has 2 aromatic rings. The van der Waals surface area contributed by atoms with Crippen LogP contribution in [0.3, 0.4) is 0 Å². The zero-order valence-electron chi connectivity index (χ0n) is 9.41. The maximum Gasteiger partial charge on any atom is 0.208 e. The number of nitrogens with one attached hydrogen (secondary N) is 1. The van der Waals surface area contributed by atoms with Crippen LogP contribution in [0.5, 0.6) is 0 Å². The molecule has 2 aromatic carbocycles. The van der Waals surface area contributed by atoms with Gasteiger partial charge in [-0.25, -0.2) is 0 Å². The van der Waals surface area contributed by atoms with E-state index in [0.29, 0.717) is 13.1 Å². The Bertz CT molecular complexity index is 417. The smallest absolute Gasteiger partial charge is 0.208 e. The third-order valence-electron chi connectivity index (χ3n) is 2.47. The number of hydrogen-bond donors (Lipinski definition) is 1. The average molecular weight is 226 g/mol. The van der Waals surface area contributed by atoms with Crippen molar-refractivity contribution in [1.82, 2.24) is 5.32 Å². The number of nitrogens with zero attached hydrogens (tertiary/aromatic N) is 1. The van der Waals surface area contributed by atoms with Gasteiger partial charge in [-0.15, -0.1) is 0 Å². The minimum absolute atomic E-state index is 0.456. The van der Waals surface area contributed by atoms with Gasteiger partial charge in [0.2, 0.25) is 6.41 Å². The Morgan fingerprint density at radius 3 is 1.76 bits per heavy atom. The Balaban J connectivity index is 2.29. The van der Waals surface area contributed by atoms with Crippen molar-refractivity contribution in [3.05, 3.63) is 60.7 Å². The fraction of sp³-hybridized carbons (Fsp3) is 0.0714. The van der Waals surface area contributed by atoms with Crippen molar-refractivity contribution in [2.24, 2.45) is 0 Å². The first-order chi connectivity index (χ1) is 8.42. The maximum absolute atomic E-state index is 10.4. The molecular weight excluding hydrogens is 212 g/mol. The molecule has 1 amide bonds. The molecule has 0 spiro atoms. The second-order valence-electron chi connectivity index (χ2n) is 3.58. The van der Waals surface area contributed by atoms with Gasteiger partial charge in [-0.2, -0.15) is 0 Å². The Hall–Kier alpha value is -2.29. The first-order valence-corrected chi connectivity index (χ1v) is 5.46. The van der Waals surface area contributed by atoms with Crippen LogP contribution < -0.4 is 10.2 Å². The Morgan fingerprint density at radius 1 is 0.882 bits per heavy atom. The molecule has 0 radical (unpaired) electrons. The molecule has 0 aromatic heterocycles. The molecule has 0 saturated carbocycles. The molecule has 0 aliphatic carbocycles. The summed E-state index contributed by atoms with van der Waals surface area (Å²) < 4.78 is 0. The van der Waals surface area contributed by atoms with Crippen molar-refractivity contribution in [2.75, 3.05) is 11.6 Å². The van der Waals surface area contributed by atoms with Gasteiger partial charge in [0, 0.05) is 11.4 Å². The zero-order valence-corrected chi connectivity index (χ0v) is 9.41. The van der Waals surface area contributed by atoms with Crippen LogP contribution in [0.1, 0.15) is 0 Å². The monoisotopic (exact) mass is 226 g/mol. The van der Waals surface area contributed by atoms with Gasteiger partial charge in [0.25, 0.3) is 0 Å². The minimum Gasteiger partial charge on any atom is -0.341 e. The summed E-state index contributed by atoms with van der Waals surface area (Å²) in [6, 6.07) is 19.9. The Morgan fingerprint density at radius 2 is 1.35 bits per heavy atom. The van der Waals surface area contributed by atoms with Crippen LogP contribution in [0.2, 0.25) is 0 Å². The number of hydrogen-bond acceptors (Lipinski definition) is 2. The van der Waals surface area contributed by atoms with E-state index in [4.69, 9.17) is 0 Å². The number of rotatable bonds is 5. The summed E-state index contributed by atoms with van der Waals surface area (Å²) in [5.41, 5.74) is 2.10. The molecule has 0 fully saturated rings. The van der Waals surface area contributed by atoms with Crippen molar-refractivity contribution in [3.8, 4) is 0 Å². The van der Waals surface area contributed by atoms with E-state index >= 15 is 0 Å². The van der Waals surface area contributed by atoms with Gasteiger partial charge in [-0.3, -0.25) is 4.79 Å². The number of anilines is 2. The van der Waals surface area contributed by atoms with Gasteiger partial charge >= 0.3 is 0 Å². The summed E-state index contributed by atoms with van der Waals surface area (Å²) in [6.07, 6.45) is 0.707. The van der Waals surface area contributed by atoms with E-state index in [1.54, 1.807) is 0 Å². The highest BCUT2D eigenvalue weighted by Gasteiger charge is 2.06. The summed E-state index contributed by atoms with van der Waals surface area (Å²) in [5, 5.41) is 2.69. The standard InChI is InChI=1S/C14H14N2O/c17-12-15-11-16(13-7-3-1-4-8-13)14-9-5-2-6-10-14/h1-10,12H,11H2,(H,15,17). The van der Waals surface area contributed by atoms with Crippen LogP contribution in [0.25, 0.3) is 0 Å². The van der Waals surface area contributed by atoms with E-state index in [0.717, 1.165) is 11.4 Å². The minimum atomic E-state index is 0.456. The Labute approximate surface area is 101 Å². The van der Waals surface area contributed by atoms with Crippen LogP contribution in [0.15, 0.2) is 60.7 Å². The number of benzene rings is 2. The summed E-state index contributed by atoms with van der Waals surface area (Å²) in [7, 11) is 0. The molecular formula is C14H14N2O. The highest BCUT2D eigenvalue weighted by molar-refractivity contribution is 5.63. The first-order valence-electron chi connectivity index (χ1n) is 5.46. The molecule has 1 N–H and O–H groups in total. The van der Waals surface area contributed by atoms with Crippen LogP contribution >= 0.6 is 0 Å². The molecule has 0 bridgehead atoms. The molecule has 86 valence electrons. The van der Waals surface area contributed by atoms with Crippen LogP contribution in [-0.2, 0) is 4.79 Å². The topological polar surface area (TPSA) is 32.3 Å². The summed E-state index contributed by atoms with van der Waals surface area (Å²) in [5.74, 6) is 0. The van der Waals surface area contributed by atoms with Gasteiger partial charge in [0.15, 0.2) is 0 Å². The third kappa shape index (κ3) is 2.84. The molecule has 0 aliphatic rings. The average Bonchev–Trinajstić information content (AvgIpc) is 2.42. The summed E-state index contributed by atoms with van der Waals surface area (Å²) in [6.45, 7) is 0.456. The predicted molar refractivity (Wildman–Crippen MR) is 69.1 cm³/mol. The normalized spacial score (nSPS) is 9.65. The largest absolute Gasteiger partial charge is 0.341 e. The maximum atomic E-state index is 10.4. The second kappa shape index (κ2) is 5.70. The lowest BCUT2D eigenvalue weighted by Gasteiger charge is -2.24. The van der Waals surface area contributed by atoms with E-state index in [2.05, 4.69) is 5.32 Å². The molecule has 0 aliphatic heterocycles. The number of para-hydroxylation sites is 2. The lowest BCUT2D eigenvalue weighted by atomic mass is 10.2. The first kappa shape index (κ1) is 11.2. The van der Waals surface area contributed by atoms with Crippen molar-refractivity contribution >= 4 is 17.8 Å². The van der Waals surface area contributed by atoms with E-state index in [1.807, 2.05) is 65.6 Å². The van der Waals surface area contributed by atoms with Crippen LogP contribution in [-0.4, -0.2) is 13.1 Å². The van der Waals surface area contributed by atoms with Gasteiger partial charge in [0.1, 0.15) is 0 Å². The fourth-order valence-corrected chi connectivity index (χ4v) is 1.68. The van der Waals surface area contributed by atoms with Gasteiger partial charge in [-0.1, -0.05) is 36.4 Å². The lowest BCUT2D eigenvalue weighted by molar-refractivity contribution is -0.109. The highest BCUT2D eigenvalue weighted by atomic mass is 16.1. The molecule has 3 heteroatoms. The van der Waals surface area contributed by atoms with Gasteiger partial charge in [0.05, 0.1) is 6.67 Å². The molecule has 0 atom stereocenters. The number of amides is 1. The summed E-state index contributed by atoms with van der Waals surface area (Å²) >= 11 is 0. The van der Waals surface area contributed by atoms with Gasteiger partial charge in [-0.05, 0) is 24.3 Å². The van der Waals surface area contributed by atoms with Crippen LogP contribution in [0, 0.1) is 0 Å². The van der Waals surface area contributed by atoms with Crippen molar-refractivity contribution in [2.45, 2.75) is 0 Å². The van der Waals surface area contributed by atoms with E-state index in [9.17, 15) is 4.79 Å². The summed E-state index contributed by atoms with van der Waals surface area (Å²) in [4.78, 5) is 12.5. The zero-order chi connectivity index (χ0) is 11.9.